The van der Waals surface area contributed by atoms with E-state index in [4.69, 9.17) is 0 Å². The SMILES string of the molecule is Cc1cccc(N(Cc2nc3nc(C)cc(C)n3n2)C(=O)c2cccc([N+](=O)[O-])c2)c1. The molecule has 2 heterocycles. The Balaban J connectivity index is 1.76. The molecular formula is C22H20N6O3. The van der Waals surface area contributed by atoms with Crippen LogP contribution < -0.4 is 4.90 Å². The van der Waals surface area contributed by atoms with Crippen molar-refractivity contribution in [2.24, 2.45) is 0 Å². The van der Waals surface area contributed by atoms with Crippen molar-refractivity contribution in [1.29, 1.82) is 0 Å². The lowest BCUT2D eigenvalue weighted by Crippen LogP contribution is -2.31. The van der Waals surface area contributed by atoms with Gasteiger partial charge in [0.25, 0.3) is 17.4 Å². The summed E-state index contributed by atoms with van der Waals surface area (Å²) in [6, 6.07) is 15.1. The number of hydrogen-bond donors (Lipinski definition) is 0. The Morgan fingerprint density at radius 3 is 2.58 bits per heavy atom. The number of carbonyl (C=O) groups is 1. The molecular weight excluding hydrogens is 396 g/mol. The molecule has 0 radical (unpaired) electrons. The molecule has 0 aliphatic rings. The van der Waals surface area contributed by atoms with Crippen LogP contribution in [0.2, 0.25) is 0 Å². The van der Waals surface area contributed by atoms with E-state index >= 15 is 0 Å². The molecule has 2 aromatic carbocycles. The fourth-order valence-corrected chi connectivity index (χ4v) is 3.40. The highest BCUT2D eigenvalue weighted by atomic mass is 16.6. The zero-order valence-corrected chi connectivity index (χ0v) is 17.3. The number of non-ortho nitro benzene ring substituents is 1. The Labute approximate surface area is 178 Å². The first-order chi connectivity index (χ1) is 14.8. The van der Waals surface area contributed by atoms with E-state index in [-0.39, 0.29) is 23.7 Å². The third kappa shape index (κ3) is 4.11. The summed E-state index contributed by atoms with van der Waals surface area (Å²) in [6.07, 6.45) is 0. The Hall–Kier alpha value is -4.14. The number of nitro benzene ring substituents is 1. The van der Waals surface area contributed by atoms with Crippen molar-refractivity contribution >= 4 is 23.1 Å². The van der Waals surface area contributed by atoms with Gasteiger partial charge in [0.2, 0.25) is 0 Å². The molecule has 0 aliphatic carbocycles. The molecule has 156 valence electrons. The molecule has 0 bridgehead atoms. The quantitative estimate of drug-likeness (QED) is 0.362. The van der Waals surface area contributed by atoms with E-state index in [1.54, 1.807) is 10.6 Å². The molecule has 9 heteroatoms. The lowest BCUT2D eigenvalue weighted by Gasteiger charge is -2.22. The molecule has 0 aliphatic heterocycles. The molecule has 9 nitrogen and oxygen atoms in total. The Bertz CT molecular complexity index is 1310. The second kappa shape index (κ2) is 7.94. The van der Waals surface area contributed by atoms with Crippen LogP contribution in [0.15, 0.2) is 54.6 Å². The van der Waals surface area contributed by atoms with Crippen molar-refractivity contribution in [2.75, 3.05) is 4.90 Å². The maximum Gasteiger partial charge on any atom is 0.270 e. The van der Waals surface area contributed by atoms with Gasteiger partial charge in [0.05, 0.1) is 11.5 Å². The number of benzene rings is 2. The summed E-state index contributed by atoms with van der Waals surface area (Å²) < 4.78 is 1.63. The number of carbonyl (C=O) groups excluding carboxylic acids is 1. The summed E-state index contributed by atoms with van der Waals surface area (Å²) >= 11 is 0. The predicted molar refractivity (Wildman–Crippen MR) is 115 cm³/mol. The Morgan fingerprint density at radius 2 is 1.84 bits per heavy atom. The summed E-state index contributed by atoms with van der Waals surface area (Å²) in [5.41, 5.74) is 3.41. The van der Waals surface area contributed by atoms with Crippen molar-refractivity contribution in [3.05, 3.63) is 93.1 Å². The van der Waals surface area contributed by atoms with Crippen LogP contribution in [-0.2, 0) is 6.54 Å². The average molecular weight is 416 g/mol. The predicted octanol–water partition coefficient (Wildman–Crippen LogP) is 3.80. The number of anilines is 1. The largest absolute Gasteiger partial charge is 0.301 e. The smallest absolute Gasteiger partial charge is 0.270 e. The van der Waals surface area contributed by atoms with E-state index in [1.165, 1.54) is 23.1 Å². The van der Waals surface area contributed by atoms with E-state index in [1.807, 2.05) is 51.1 Å². The normalized spacial score (nSPS) is 10.9. The monoisotopic (exact) mass is 416 g/mol. The first-order valence-electron chi connectivity index (χ1n) is 9.65. The van der Waals surface area contributed by atoms with Crippen LogP contribution >= 0.6 is 0 Å². The summed E-state index contributed by atoms with van der Waals surface area (Å²) in [4.78, 5) is 34.4. The Kier molecular flexibility index (Phi) is 5.16. The van der Waals surface area contributed by atoms with Crippen LogP contribution in [-0.4, -0.2) is 30.4 Å². The van der Waals surface area contributed by atoms with Gasteiger partial charge in [-0.1, -0.05) is 18.2 Å². The molecule has 31 heavy (non-hydrogen) atoms. The van der Waals surface area contributed by atoms with Gasteiger partial charge in [0.15, 0.2) is 5.82 Å². The first kappa shape index (κ1) is 20.1. The number of rotatable bonds is 5. The summed E-state index contributed by atoms with van der Waals surface area (Å²) in [5, 5.41) is 15.7. The van der Waals surface area contributed by atoms with Gasteiger partial charge < -0.3 is 4.90 Å². The highest BCUT2D eigenvalue weighted by Gasteiger charge is 2.22. The van der Waals surface area contributed by atoms with Gasteiger partial charge in [-0.2, -0.15) is 4.98 Å². The first-order valence-corrected chi connectivity index (χ1v) is 9.65. The van der Waals surface area contributed by atoms with Crippen molar-refractivity contribution in [1.82, 2.24) is 19.6 Å². The second-order valence-corrected chi connectivity index (χ2v) is 7.32. The average Bonchev–Trinajstić information content (AvgIpc) is 3.14. The Morgan fingerprint density at radius 1 is 1.06 bits per heavy atom. The third-order valence-electron chi connectivity index (χ3n) is 4.82. The van der Waals surface area contributed by atoms with Gasteiger partial charge in [-0.25, -0.2) is 9.50 Å². The van der Waals surface area contributed by atoms with E-state index in [0.29, 0.717) is 17.3 Å². The lowest BCUT2D eigenvalue weighted by molar-refractivity contribution is -0.384. The number of fused-ring (bicyclic) bond motifs is 1. The minimum Gasteiger partial charge on any atom is -0.301 e. The van der Waals surface area contributed by atoms with Crippen molar-refractivity contribution in [3.8, 4) is 0 Å². The third-order valence-corrected chi connectivity index (χ3v) is 4.82. The zero-order valence-electron chi connectivity index (χ0n) is 17.3. The highest BCUT2D eigenvalue weighted by Crippen LogP contribution is 2.23. The molecule has 0 fully saturated rings. The van der Waals surface area contributed by atoms with E-state index in [0.717, 1.165) is 17.0 Å². The van der Waals surface area contributed by atoms with Crippen LogP contribution in [0.5, 0.6) is 0 Å². The number of nitrogens with zero attached hydrogens (tertiary/aromatic N) is 6. The lowest BCUT2D eigenvalue weighted by atomic mass is 10.1. The number of hydrogen-bond acceptors (Lipinski definition) is 6. The molecule has 1 amide bonds. The van der Waals surface area contributed by atoms with Gasteiger partial charge in [-0.3, -0.25) is 14.9 Å². The molecule has 0 saturated heterocycles. The van der Waals surface area contributed by atoms with Crippen LogP contribution in [0, 0.1) is 30.9 Å². The van der Waals surface area contributed by atoms with Crippen LogP contribution in [0.4, 0.5) is 11.4 Å². The fourth-order valence-electron chi connectivity index (χ4n) is 3.40. The molecule has 0 spiro atoms. The zero-order chi connectivity index (χ0) is 22.1. The van der Waals surface area contributed by atoms with Crippen molar-refractivity contribution < 1.29 is 9.72 Å². The van der Waals surface area contributed by atoms with Gasteiger partial charge in [-0.05, 0) is 50.6 Å². The van der Waals surface area contributed by atoms with Crippen LogP contribution in [0.25, 0.3) is 5.78 Å². The summed E-state index contributed by atoms with van der Waals surface area (Å²) in [7, 11) is 0. The molecule has 4 aromatic rings. The second-order valence-electron chi connectivity index (χ2n) is 7.32. The van der Waals surface area contributed by atoms with E-state index < -0.39 is 4.92 Å². The van der Waals surface area contributed by atoms with Gasteiger partial charge >= 0.3 is 0 Å². The van der Waals surface area contributed by atoms with Gasteiger partial charge in [0.1, 0.15) is 0 Å². The van der Waals surface area contributed by atoms with E-state index in [9.17, 15) is 14.9 Å². The van der Waals surface area contributed by atoms with Crippen LogP contribution in [0.1, 0.15) is 33.1 Å². The molecule has 2 aromatic heterocycles. The minimum atomic E-state index is -0.520. The molecule has 0 atom stereocenters. The van der Waals surface area contributed by atoms with Gasteiger partial charge in [0, 0.05) is 34.8 Å². The standard InChI is InChI=1S/C22H20N6O3/c1-14-6-4-8-18(10-14)26(21(29)17-7-5-9-19(12-17)28(30)31)13-20-24-22-23-15(2)11-16(3)27(22)25-20/h4-12H,13H2,1-3H3. The number of nitro groups is 1. The van der Waals surface area contributed by atoms with E-state index in [2.05, 4.69) is 15.1 Å². The minimum absolute atomic E-state index is 0.0901. The van der Waals surface area contributed by atoms with Crippen molar-refractivity contribution in [2.45, 2.75) is 27.3 Å². The number of aromatic nitrogens is 4. The maximum atomic E-state index is 13.4. The fraction of sp³-hybridized carbons (Fsp3) is 0.182. The summed E-state index contributed by atoms with van der Waals surface area (Å²) in [5.74, 6) is 0.495. The highest BCUT2D eigenvalue weighted by molar-refractivity contribution is 6.06. The molecule has 4 rings (SSSR count). The maximum absolute atomic E-state index is 13.4. The molecule has 0 saturated carbocycles. The molecule has 0 unspecified atom stereocenters. The number of aryl methyl sites for hydroxylation is 3. The van der Waals surface area contributed by atoms with Gasteiger partial charge in [-0.15, -0.1) is 5.10 Å². The topological polar surface area (TPSA) is 107 Å². The van der Waals surface area contributed by atoms with Crippen LogP contribution in [0.3, 0.4) is 0 Å². The molecule has 0 N–H and O–H groups in total. The summed E-state index contributed by atoms with van der Waals surface area (Å²) in [6.45, 7) is 5.81. The van der Waals surface area contributed by atoms with Crippen molar-refractivity contribution in [3.63, 3.8) is 0 Å². The number of amides is 1.